The highest BCUT2D eigenvalue weighted by Gasteiger charge is 2.32. The molecule has 0 radical (unpaired) electrons. The van der Waals surface area contributed by atoms with E-state index in [1.807, 2.05) is 36.5 Å². The largest absolute Gasteiger partial charge is 0.573 e. The molecule has 0 aliphatic rings. The van der Waals surface area contributed by atoms with Gasteiger partial charge in [0.1, 0.15) is 0 Å². The van der Waals surface area contributed by atoms with E-state index in [2.05, 4.69) is 15.2 Å². The smallest absolute Gasteiger partial charge is 0.404 e. The fraction of sp³-hybridized carbons (Fsp3) is 0.118. The fourth-order valence-corrected chi connectivity index (χ4v) is 2.20. The van der Waals surface area contributed by atoms with Crippen molar-refractivity contribution >= 4 is 5.69 Å². The molecule has 0 aliphatic carbocycles. The number of halogens is 3. The molecule has 0 atom stereocenters. The summed E-state index contributed by atoms with van der Waals surface area (Å²) in [4.78, 5) is 0. The Labute approximate surface area is 136 Å². The van der Waals surface area contributed by atoms with E-state index >= 15 is 0 Å². The van der Waals surface area contributed by atoms with Gasteiger partial charge in [-0.05, 0) is 24.3 Å². The van der Waals surface area contributed by atoms with Gasteiger partial charge >= 0.3 is 6.36 Å². The second-order valence-corrected chi connectivity index (χ2v) is 5.03. The molecule has 1 N–H and O–H groups in total. The Morgan fingerprint density at radius 3 is 2.46 bits per heavy atom. The van der Waals surface area contributed by atoms with Crippen LogP contribution in [0.4, 0.5) is 18.9 Å². The summed E-state index contributed by atoms with van der Waals surface area (Å²) in [5.41, 5.74) is 2.01. The van der Waals surface area contributed by atoms with Gasteiger partial charge in [-0.25, -0.2) is 4.68 Å². The number of ether oxygens (including phenoxy) is 1. The predicted molar refractivity (Wildman–Crippen MR) is 84.0 cm³/mol. The molecule has 0 spiro atoms. The van der Waals surface area contributed by atoms with Gasteiger partial charge in [0.25, 0.3) is 0 Å². The lowest BCUT2D eigenvalue weighted by atomic mass is 10.2. The summed E-state index contributed by atoms with van der Waals surface area (Å²) in [5, 5.41) is 7.18. The molecule has 0 aliphatic heterocycles. The SMILES string of the molecule is FC(F)(F)Oc1ccccc1NCc1cnn(-c2ccccc2)c1. The minimum atomic E-state index is -4.73. The zero-order valence-electron chi connectivity index (χ0n) is 12.5. The van der Waals surface area contributed by atoms with E-state index < -0.39 is 6.36 Å². The first-order valence-electron chi connectivity index (χ1n) is 7.19. The van der Waals surface area contributed by atoms with E-state index in [4.69, 9.17) is 0 Å². The molecule has 0 unspecified atom stereocenters. The average Bonchev–Trinajstić information content (AvgIpc) is 3.02. The maximum Gasteiger partial charge on any atom is 0.573 e. The standard InChI is InChI=1S/C17H14F3N3O/c18-17(19,20)24-16-9-5-4-8-15(16)21-10-13-11-22-23(12-13)14-6-2-1-3-7-14/h1-9,11-12,21H,10H2. The number of nitrogens with one attached hydrogen (secondary N) is 1. The van der Waals surface area contributed by atoms with Crippen LogP contribution in [0, 0.1) is 0 Å². The van der Waals surface area contributed by atoms with Crippen LogP contribution in [-0.2, 0) is 6.54 Å². The molecule has 0 bridgehead atoms. The molecule has 0 saturated carbocycles. The van der Waals surface area contributed by atoms with Crippen LogP contribution in [-0.4, -0.2) is 16.1 Å². The molecular formula is C17H14F3N3O. The molecule has 0 saturated heterocycles. The van der Waals surface area contributed by atoms with Crippen LogP contribution in [0.3, 0.4) is 0 Å². The number of nitrogens with zero attached hydrogens (tertiary/aromatic N) is 2. The molecule has 0 amide bonds. The summed E-state index contributed by atoms with van der Waals surface area (Å²) in [7, 11) is 0. The van der Waals surface area contributed by atoms with Crippen molar-refractivity contribution in [1.82, 2.24) is 9.78 Å². The first kappa shape index (κ1) is 15.9. The van der Waals surface area contributed by atoms with Gasteiger partial charge in [0.15, 0.2) is 5.75 Å². The van der Waals surface area contributed by atoms with Crippen molar-refractivity contribution in [3.05, 3.63) is 72.6 Å². The highest BCUT2D eigenvalue weighted by molar-refractivity contribution is 5.56. The summed E-state index contributed by atoms with van der Waals surface area (Å²) in [5.74, 6) is -0.263. The Morgan fingerprint density at radius 2 is 1.71 bits per heavy atom. The van der Waals surface area contributed by atoms with Crippen LogP contribution in [0.5, 0.6) is 5.75 Å². The zero-order chi connectivity index (χ0) is 17.0. The van der Waals surface area contributed by atoms with Crippen molar-refractivity contribution in [3.63, 3.8) is 0 Å². The maximum absolute atomic E-state index is 12.4. The summed E-state index contributed by atoms with van der Waals surface area (Å²) in [6.45, 7) is 0.324. The third-order valence-electron chi connectivity index (χ3n) is 3.25. The predicted octanol–water partition coefficient (Wildman–Crippen LogP) is 4.38. The van der Waals surface area contributed by atoms with Crippen molar-refractivity contribution in [2.24, 2.45) is 0 Å². The monoisotopic (exact) mass is 333 g/mol. The van der Waals surface area contributed by atoms with Crippen LogP contribution >= 0.6 is 0 Å². The molecule has 2 aromatic carbocycles. The van der Waals surface area contributed by atoms with E-state index in [0.29, 0.717) is 6.54 Å². The quantitative estimate of drug-likeness (QED) is 0.753. The number of benzene rings is 2. The summed E-state index contributed by atoms with van der Waals surface area (Å²) < 4.78 is 43.0. The Morgan fingerprint density at radius 1 is 1.00 bits per heavy atom. The van der Waals surface area contributed by atoms with E-state index in [9.17, 15) is 13.2 Å². The number of hydrogen-bond donors (Lipinski definition) is 1. The number of anilines is 1. The van der Waals surface area contributed by atoms with Gasteiger partial charge in [-0.2, -0.15) is 5.10 Å². The second kappa shape index (κ2) is 6.66. The van der Waals surface area contributed by atoms with Crippen molar-refractivity contribution in [3.8, 4) is 11.4 Å². The van der Waals surface area contributed by atoms with Gasteiger partial charge in [0.2, 0.25) is 0 Å². The van der Waals surface area contributed by atoms with Gasteiger partial charge in [0.05, 0.1) is 17.6 Å². The van der Waals surface area contributed by atoms with E-state index in [1.54, 1.807) is 16.9 Å². The Balaban J connectivity index is 1.70. The lowest BCUT2D eigenvalue weighted by Crippen LogP contribution is -2.18. The first-order chi connectivity index (χ1) is 11.5. The molecule has 4 nitrogen and oxygen atoms in total. The van der Waals surface area contributed by atoms with Gasteiger partial charge in [0, 0.05) is 18.3 Å². The highest BCUT2D eigenvalue weighted by atomic mass is 19.4. The number of alkyl halides is 3. The van der Waals surface area contributed by atoms with Gasteiger partial charge in [-0.15, -0.1) is 13.2 Å². The Hall–Kier alpha value is -2.96. The topological polar surface area (TPSA) is 39.1 Å². The normalized spacial score (nSPS) is 11.3. The van der Waals surface area contributed by atoms with Crippen molar-refractivity contribution in [1.29, 1.82) is 0 Å². The van der Waals surface area contributed by atoms with Crippen LogP contribution in [0.1, 0.15) is 5.56 Å². The van der Waals surface area contributed by atoms with Crippen LogP contribution in [0.25, 0.3) is 5.69 Å². The highest BCUT2D eigenvalue weighted by Crippen LogP contribution is 2.30. The zero-order valence-corrected chi connectivity index (χ0v) is 12.5. The summed E-state index contributed by atoms with van der Waals surface area (Å²) in [6, 6.07) is 15.5. The molecule has 1 heterocycles. The van der Waals surface area contributed by atoms with Gasteiger partial charge in [-0.1, -0.05) is 30.3 Å². The minimum absolute atomic E-state index is 0.263. The third kappa shape index (κ3) is 4.07. The minimum Gasteiger partial charge on any atom is -0.404 e. The number of para-hydroxylation sites is 3. The summed E-state index contributed by atoms with van der Waals surface area (Å²) in [6.07, 6.45) is -1.25. The van der Waals surface area contributed by atoms with Gasteiger partial charge < -0.3 is 10.1 Å². The Bertz CT molecular complexity index is 800. The van der Waals surface area contributed by atoms with E-state index in [-0.39, 0.29) is 11.4 Å². The van der Waals surface area contributed by atoms with Crippen LogP contribution in [0.2, 0.25) is 0 Å². The van der Waals surface area contributed by atoms with Crippen LogP contribution < -0.4 is 10.1 Å². The maximum atomic E-state index is 12.4. The average molecular weight is 333 g/mol. The van der Waals surface area contributed by atoms with Crippen molar-refractivity contribution in [2.45, 2.75) is 12.9 Å². The third-order valence-corrected chi connectivity index (χ3v) is 3.25. The molecule has 24 heavy (non-hydrogen) atoms. The van der Waals surface area contributed by atoms with Crippen LogP contribution in [0.15, 0.2) is 67.0 Å². The fourth-order valence-electron chi connectivity index (χ4n) is 2.20. The first-order valence-corrected chi connectivity index (χ1v) is 7.19. The molecule has 3 aromatic rings. The molecule has 7 heteroatoms. The lowest BCUT2D eigenvalue weighted by molar-refractivity contribution is -0.274. The molecular weight excluding hydrogens is 319 g/mol. The number of hydrogen-bond acceptors (Lipinski definition) is 3. The van der Waals surface area contributed by atoms with Crippen molar-refractivity contribution < 1.29 is 17.9 Å². The second-order valence-electron chi connectivity index (χ2n) is 5.03. The summed E-state index contributed by atoms with van der Waals surface area (Å²) >= 11 is 0. The molecule has 0 fully saturated rings. The number of aromatic nitrogens is 2. The molecule has 124 valence electrons. The Kier molecular flexibility index (Phi) is 4.41. The molecule has 3 rings (SSSR count). The lowest BCUT2D eigenvalue weighted by Gasteiger charge is -2.14. The number of rotatable bonds is 5. The van der Waals surface area contributed by atoms with E-state index in [1.165, 1.54) is 18.2 Å². The van der Waals surface area contributed by atoms with Crippen molar-refractivity contribution in [2.75, 3.05) is 5.32 Å². The van der Waals surface area contributed by atoms with E-state index in [0.717, 1.165) is 11.3 Å². The van der Waals surface area contributed by atoms with Gasteiger partial charge in [-0.3, -0.25) is 0 Å². The molecule has 1 aromatic heterocycles.